The molecule has 8 nitrogen and oxygen atoms in total. The van der Waals surface area contributed by atoms with Crippen molar-refractivity contribution in [2.45, 2.75) is 46.8 Å². The quantitative estimate of drug-likeness (QED) is 0.368. The Balaban J connectivity index is 1.72. The SMILES string of the molecule is Cc1cnc(COc2cc(C)n(-c3cc(-c4ccnc(C(C)(C)O)n4)ncc3C)c(=O)c2Br)c(F)c1. The fraction of sp³-hybridized carbons (Fsp3) is 0.269. The second-order valence-electron chi connectivity index (χ2n) is 9.01. The van der Waals surface area contributed by atoms with E-state index in [2.05, 4.69) is 35.9 Å². The number of rotatable bonds is 6. The summed E-state index contributed by atoms with van der Waals surface area (Å²) in [6.07, 6.45) is 4.78. The Kier molecular flexibility index (Phi) is 7.01. The van der Waals surface area contributed by atoms with Crippen LogP contribution in [0, 0.1) is 26.6 Å². The summed E-state index contributed by atoms with van der Waals surface area (Å²) in [4.78, 5) is 30.5. The molecule has 4 aromatic rings. The maximum absolute atomic E-state index is 14.2. The molecule has 0 aliphatic heterocycles. The first-order chi connectivity index (χ1) is 17.0. The molecule has 0 aliphatic rings. The molecular formula is C26H25BrFN5O3. The van der Waals surface area contributed by atoms with Gasteiger partial charge in [-0.2, -0.15) is 0 Å². The molecule has 4 rings (SSSR count). The standard InChI is InChI=1S/C26H25BrFN5O3/c1-14-8-17(28)20(30-11-14)13-36-22-9-16(3)33(24(34)23(22)27)21-10-19(31-12-15(21)2)18-6-7-29-25(32-18)26(4,5)35/h6-12,35H,13H2,1-5H3. The molecule has 0 amide bonds. The number of hydrogen-bond donors (Lipinski definition) is 1. The second-order valence-corrected chi connectivity index (χ2v) is 9.81. The van der Waals surface area contributed by atoms with E-state index in [0.29, 0.717) is 28.3 Å². The highest BCUT2D eigenvalue weighted by Crippen LogP contribution is 2.28. The van der Waals surface area contributed by atoms with Gasteiger partial charge in [-0.1, -0.05) is 0 Å². The van der Waals surface area contributed by atoms with E-state index in [1.54, 1.807) is 69.1 Å². The summed E-state index contributed by atoms with van der Waals surface area (Å²) >= 11 is 3.35. The fourth-order valence-corrected chi connectivity index (χ4v) is 4.00. The molecule has 186 valence electrons. The van der Waals surface area contributed by atoms with Gasteiger partial charge in [0.05, 0.1) is 17.1 Å². The third-order valence-electron chi connectivity index (χ3n) is 5.50. The zero-order valence-electron chi connectivity index (χ0n) is 20.5. The van der Waals surface area contributed by atoms with Gasteiger partial charge in [0.15, 0.2) is 5.82 Å². The van der Waals surface area contributed by atoms with Crippen molar-refractivity contribution in [3.63, 3.8) is 0 Å². The minimum Gasteiger partial charge on any atom is -0.486 e. The first-order valence-corrected chi connectivity index (χ1v) is 11.9. The molecule has 0 saturated carbocycles. The predicted octanol–water partition coefficient (Wildman–Crippen LogP) is 4.72. The Labute approximate surface area is 216 Å². The maximum atomic E-state index is 14.2. The lowest BCUT2D eigenvalue weighted by molar-refractivity contribution is 0.0688. The molecule has 0 fully saturated rings. The lowest BCUT2D eigenvalue weighted by Gasteiger charge is -2.18. The summed E-state index contributed by atoms with van der Waals surface area (Å²) in [5.74, 6) is 0.0858. The molecule has 4 heterocycles. The van der Waals surface area contributed by atoms with Crippen molar-refractivity contribution in [2.75, 3.05) is 0 Å². The lowest BCUT2D eigenvalue weighted by atomic mass is 10.1. The van der Waals surface area contributed by atoms with Gasteiger partial charge in [-0.25, -0.2) is 14.4 Å². The fourth-order valence-electron chi connectivity index (χ4n) is 3.59. The van der Waals surface area contributed by atoms with E-state index >= 15 is 0 Å². The van der Waals surface area contributed by atoms with Crippen molar-refractivity contribution in [1.29, 1.82) is 0 Å². The number of hydrogen-bond acceptors (Lipinski definition) is 7. The van der Waals surface area contributed by atoms with E-state index < -0.39 is 11.4 Å². The second kappa shape index (κ2) is 9.87. The van der Waals surface area contributed by atoms with Crippen molar-refractivity contribution in [2.24, 2.45) is 0 Å². The van der Waals surface area contributed by atoms with Gasteiger partial charge in [0.1, 0.15) is 33.9 Å². The van der Waals surface area contributed by atoms with Gasteiger partial charge in [-0.15, -0.1) is 0 Å². The molecule has 0 unspecified atom stereocenters. The third-order valence-corrected chi connectivity index (χ3v) is 6.23. The average molecular weight is 554 g/mol. The van der Waals surface area contributed by atoms with Crippen molar-refractivity contribution in [3.05, 3.63) is 91.8 Å². The smallest absolute Gasteiger partial charge is 0.273 e. The lowest BCUT2D eigenvalue weighted by Crippen LogP contribution is -2.23. The monoisotopic (exact) mass is 553 g/mol. The largest absolute Gasteiger partial charge is 0.486 e. The summed E-state index contributed by atoms with van der Waals surface area (Å²) in [6, 6.07) is 6.54. The average Bonchev–Trinajstić information content (AvgIpc) is 2.82. The Morgan fingerprint density at radius 2 is 1.83 bits per heavy atom. The van der Waals surface area contributed by atoms with Crippen LogP contribution in [0.3, 0.4) is 0 Å². The molecule has 0 atom stereocenters. The Bertz CT molecular complexity index is 1510. The molecule has 4 aromatic heterocycles. The van der Waals surface area contributed by atoms with E-state index in [0.717, 1.165) is 5.56 Å². The van der Waals surface area contributed by atoms with Crippen LogP contribution < -0.4 is 10.3 Å². The van der Waals surface area contributed by atoms with E-state index in [1.165, 1.54) is 6.07 Å². The van der Waals surface area contributed by atoms with Gasteiger partial charge < -0.3 is 9.84 Å². The van der Waals surface area contributed by atoms with Crippen LogP contribution in [0.4, 0.5) is 4.39 Å². The minimum atomic E-state index is -1.21. The number of pyridine rings is 3. The van der Waals surface area contributed by atoms with Gasteiger partial charge in [0.2, 0.25) is 0 Å². The van der Waals surface area contributed by atoms with Crippen LogP contribution in [0.2, 0.25) is 0 Å². The highest BCUT2D eigenvalue weighted by Gasteiger charge is 2.21. The number of nitrogens with zero attached hydrogens (tertiary/aromatic N) is 5. The molecule has 1 N–H and O–H groups in total. The van der Waals surface area contributed by atoms with Crippen LogP contribution >= 0.6 is 15.9 Å². The van der Waals surface area contributed by atoms with Gasteiger partial charge in [-0.3, -0.25) is 19.3 Å². The zero-order valence-corrected chi connectivity index (χ0v) is 22.1. The molecule has 0 aromatic carbocycles. The van der Waals surface area contributed by atoms with E-state index in [1.807, 2.05) is 6.92 Å². The van der Waals surface area contributed by atoms with Gasteiger partial charge >= 0.3 is 0 Å². The molecule has 10 heteroatoms. The van der Waals surface area contributed by atoms with Gasteiger partial charge in [0, 0.05) is 30.4 Å². The zero-order chi connectivity index (χ0) is 26.2. The maximum Gasteiger partial charge on any atom is 0.273 e. The van der Waals surface area contributed by atoms with Crippen LogP contribution in [-0.2, 0) is 12.2 Å². The third kappa shape index (κ3) is 5.19. The van der Waals surface area contributed by atoms with Crippen LogP contribution in [0.5, 0.6) is 5.75 Å². The highest BCUT2D eigenvalue weighted by molar-refractivity contribution is 9.10. The van der Waals surface area contributed by atoms with Crippen LogP contribution in [-0.4, -0.2) is 29.6 Å². The molecule has 0 radical (unpaired) electrons. The number of halogens is 2. The summed E-state index contributed by atoms with van der Waals surface area (Å²) in [6.45, 7) is 8.47. The van der Waals surface area contributed by atoms with Gasteiger partial charge in [-0.05, 0) is 79.9 Å². The topological polar surface area (TPSA) is 103 Å². The Hall–Kier alpha value is -3.50. The van der Waals surface area contributed by atoms with Crippen molar-refractivity contribution >= 4 is 15.9 Å². The minimum absolute atomic E-state index is 0.122. The molecule has 0 bridgehead atoms. The molecule has 36 heavy (non-hydrogen) atoms. The number of aromatic nitrogens is 5. The van der Waals surface area contributed by atoms with Gasteiger partial charge in [0.25, 0.3) is 5.56 Å². The number of ether oxygens (including phenoxy) is 1. The van der Waals surface area contributed by atoms with E-state index in [4.69, 9.17) is 4.74 Å². The molecule has 0 saturated heterocycles. The van der Waals surface area contributed by atoms with E-state index in [9.17, 15) is 14.3 Å². The number of aryl methyl sites for hydroxylation is 3. The Morgan fingerprint density at radius 1 is 1.08 bits per heavy atom. The normalized spacial score (nSPS) is 11.6. The molecule has 0 spiro atoms. The van der Waals surface area contributed by atoms with Crippen LogP contribution in [0.15, 0.2) is 52.1 Å². The van der Waals surface area contributed by atoms with E-state index in [-0.39, 0.29) is 33.9 Å². The van der Waals surface area contributed by atoms with Crippen molar-refractivity contribution in [1.82, 2.24) is 24.5 Å². The summed E-state index contributed by atoms with van der Waals surface area (Å²) < 4.78 is 21.7. The molecule has 0 aliphatic carbocycles. The van der Waals surface area contributed by atoms with Crippen LogP contribution in [0.25, 0.3) is 17.1 Å². The number of aliphatic hydroxyl groups is 1. The predicted molar refractivity (Wildman–Crippen MR) is 137 cm³/mol. The van der Waals surface area contributed by atoms with Crippen LogP contribution in [0.1, 0.15) is 42.2 Å². The Morgan fingerprint density at radius 3 is 2.53 bits per heavy atom. The highest BCUT2D eigenvalue weighted by atomic mass is 79.9. The molecular weight excluding hydrogens is 529 g/mol. The van der Waals surface area contributed by atoms with Crippen molar-refractivity contribution in [3.8, 4) is 22.8 Å². The first-order valence-electron chi connectivity index (χ1n) is 11.1. The summed E-state index contributed by atoms with van der Waals surface area (Å²) in [5, 5.41) is 10.3. The summed E-state index contributed by atoms with van der Waals surface area (Å²) in [7, 11) is 0. The first kappa shape index (κ1) is 25.6. The van der Waals surface area contributed by atoms with Crippen molar-refractivity contribution < 1.29 is 14.2 Å². The summed E-state index contributed by atoms with van der Waals surface area (Å²) in [5.41, 5.74) is 2.33.